The Balaban J connectivity index is 1.34. The molecule has 0 aliphatic rings. The molecule has 1 nitrogen and oxygen atoms in total. The normalized spacial score (nSPS) is 11.8. The van der Waals surface area contributed by atoms with Crippen molar-refractivity contribution in [3.05, 3.63) is 133 Å². The van der Waals surface area contributed by atoms with E-state index in [2.05, 4.69) is 121 Å². The molecule has 1 aromatic heterocycles. The summed E-state index contributed by atoms with van der Waals surface area (Å²) in [4.78, 5) is 0. The van der Waals surface area contributed by atoms with Crippen molar-refractivity contribution < 1.29 is 4.42 Å². The predicted molar refractivity (Wildman–Crippen MR) is 157 cm³/mol. The maximum Gasteiger partial charge on any atom is 0.143 e. The average molecular weight is 471 g/mol. The van der Waals surface area contributed by atoms with E-state index in [1.165, 1.54) is 43.4 Å². The van der Waals surface area contributed by atoms with Crippen LogP contribution in [0.2, 0.25) is 0 Å². The molecule has 0 fully saturated rings. The molecule has 1 heterocycles. The molecule has 0 aliphatic heterocycles. The number of rotatable bonds is 2. The fourth-order valence-corrected chi connectivity index (χ4v) is 5.93. The molecule has 0 amide bonds. The Morgan fingerprint density at radius 3 is 1.62 bits per heavy atom. The zero-order valence-electron chi connectivity index (χ0n) is 20.1. The van der Waals surface area contributed by atoms with E-state index in [0.29, 0.717) is 0 Å². The number of furan rings is 1. The number of hydrogen-bond acceptors (Lipinski definition) is 1. The standard InChI is InChI=1S/C36H22O/c1-2-13-29-27(11-1)28-12-3-4-14-30(28)34-22-24(19-20-31(29)34)23-9-7-10-25(21-23)26-16-8-17-33-32-15-5-6-18-35(32)37-36(26)33/h1-22H. The smallest absolute Gasteiger partial charge is 0.143 e. The first-order valence-corrected chi connectivity index (χ1v) is 12.7. The fraction of sp³-hybridized carbons (Fsp3) is 0. The predicted octanol–water partition coefficient (Wildman–Crippen LogP) is 10.4. The fourth-order valence-electron chi connectivity index (χ4n) is 5.93. The van der Waals surface area contributed by atoms with E-state index in [4.69, 9.17) is 4.42 Å². The van der Waals surface area contributed by atoms with Crippen molar-refractivity contribution in [1.82, 2.24) is 0 Å². The molecule has 7 aromatic carbocycles. The third kappa shape index (κ3) is 3.04. The highest BCUT2D eigenvalue weighted by atomic mass is 16.3. The summed E-state index contributed by atoms with van der Waals surface area (Å²) in [5, 5.41) is 10.1. The maximum atomic E-state index is 6.33. The quantitative estimate of drug-likeness (QED) is 0.229. The third-order valence-electron chi connectivity index (χ3n) is 7.66. The summed E-state index contributed by atoms with van der Waals surface area (Å²) in [6.07, 6.45) is 0. The van der Waals surface area contributed by atoms with E-state index in [9.17, 15) is 0 Å². The molecule has 8 aromatic rings. The molecule has 172 valence electrons. The van der Waals surface area contributed by atoms with Crippen LogP contribution in [0.25, 0.3) is 76.5 Å². The van der Waals surface area contributed by atoms with Gasteiger partial charge in [-0.05, 0) is 67.2 Å². The van der Waals surface area contributed by atoms with Crippen LogP contribution in [0.15, 0.2) is 138 Å². The van der Waals surface area contributed by atoms with Gasteiger partial charge in [-0.25, -0.2) is 0 Å². The molecule has 0 atom stereocenters. The van der Waals surface area contributed by atoms with Gasteiger partial charge in [0.25, 0.3) is 0 Å². The molecule has 0 N–H and O–H groups in total. The molecule has 0 spiro atoms. The van der Waals surface area contributed by atoms with Gasteiger partial charge in [0.2, 0.25) is 0 Å². The topological polar surface area (TPSA) is 13.1 Å². The van der Waals surface area contributed by atoms with Crippen LogP contribution in [0.3, 0.4) is 0 Å². The summed E-state index contributed by atoms with van der Waals surface area (Å²) in [6.45, 7) is 0. The largest absolute Gasteiger partial charge is 0.455 e. The number of para-hydroxylation sites is 2. The lowest BCUT2D eigenvalue weighted by atomic mass is 9.91. The summed E-state index contributed by atoms with van der Waals surface area (Å²) < 4.78 is 6.33. The van der Waals surface area contributed by atoms with E-state index in [1.807, 2.05) is 12.1 Å². The van der Waals surface area contributed by atoms with Gasteiger partial charge in [0.15, 0.2) is 0 Å². The van der Waals surface area contributed by atoms with Gasteiger partial charge in [0, 0.05) is 16.3 Å². The van der Waals surface area contributed by atoms with Gasteiger partial charge in [-0.1, -0.05) is 115 Å². The maximum absolute atomic E-state index is 6.33. The summed E-state index contributed by atoms with van der Waals surface area (Å²) in [5.74, 6) is 0. The van der Waals surface area contributed by atoms with Crippen molar-refractivity contribution in [3.8, 4) is 22.3 Å². The lowest BCUT2D eigenvalue weighted by Gasteiger charge is -2.12. The summed E-state index contributed by atoms with van der Waals surface area (Å²) in [7, 11) is 0. The van der Waals surface area contributed by atoms with Crippen LogP contribution in [0.4, 0.5) is 0 Å². The van der Waals surface area contributed by atoms with Crippen LogP contribution in [0, 0.1) is 0 Å². The van der Waals surface area contributed by atoms with Crippen molar-refractivity contribution in [2.75, 3.05) is 0 Å². The highest BCUT2D eigenvalue weighted by Gasteiger charge is 2.13. The van der Waals surface area contributed by atoms with E-state index >= 15 is 0 Å². The highest BCUT2D eigenvalue weighted by Crippen LogP contribution is 2.39. The number of fused-ring (bicyclic) bond motifs is 9. The second kappa shape index (κ2) is 7.81. The van der Waals surface area contributed by atoms with Crippen LogP contribution < -0.4 is 0 Å². The molecule has 37 heavy (non-hydrogen) atoms. The van der Waals surface area contributed by atoms with E-state index in [0.717, 1.165) is 33.1 Å². The van der Waals surface area contributed by atoms with Crippen LogP contribution in [-0.4, -0.2) is 0 Å². The first-order chi connectivity index (χ1) is 18.3. The van der Waals surface area contributed by atoms with Gasteiger partial charge in [-0.15, -0.1) is 0 Å². The molecule has 1 heteroatoms. The Kier molecular flexibility index (Phi) is 4.29. The SMILES string of the molecule is c1cc(-c2ccc3c4ccccc4c4ccccc4c3c2)cc(-c2cccc3c2oc2ccccc23)c1. The van der Waals surface area contributed by atoms with Crippen molar-refractivity contribution in [3.63, 3.8) is 0 Å². The Morgan fingerprint density at radius 2 is 0.865 bits per heavy atom. The minimum absolute atomic E-state index is 0.926. The number of benzene rings is 7. The molecule has 0 saturated heterocycles. The molecular weight excluding hydrogens is 448 g/mol. The van der Waals surface area contributed by atoms with Crippen LogP contribution in [-0.2, 0) is 0 Å². The van der Waals surface area contributed by atoms with E-state index in [1.54, 1.807) is 0 Å². The van der Waals surface area contributed by atoms with Crippen LogP contribution >= 0.6 is 0 Å². The van der Waals surface area contributed by atoms with Crippen molar-refractivity contribution in [2.45, 2.75) is 0 Å². The molecular formula is C36H22O. The van der Waals surface area contributed by atoms with Gasteiger partial charge in [-0.3, -0.25) is 0 Å². The van der Waals surface area contributed by atoms with Gasteiger partial charge in [0.1, 0.15) is 11.2 Å². The zero-order chi connectivity index (χ0) is 24.3. The third-order valence-corrected chi connectivity index (χ3v) is 7.66. The zero-order valence-corrected chi connectivity index (χ0v) is 20.1. The molecule has 0 saturated carbocycles. The molecule has 0 bridgehead atoms. The van der Waals surface area contributed by atoms with Crippen molar-refractivity contribution in [1.29, 1.82) is 0 Å². The Bertz CT molecular complexity index is 2110. The summed E-state index contributed by atoms with van der Waals surface area (Å²) in [5.41, 5.74) is 6.56. The number of hydrogen-bond donors (Lipinski definition) is 0. The first kappa shape index (κ1) is 20.3. The first-order valence-electron chi connectivity index (χ1n) is 12.7. The molecule has 0 unspecified atom stereocenters. The molecule has 0 aliphatic carbocycles. The Morgan fingerprint density at radius 1 is 0.324 bits per heavy atom. The summed E-state index contributed by atoms with van der Waals surface area (Å²) in [6, 6.07) is 47.9. The average Bonchev–Trinajstić information content (AvgIpc) is 3.36. The van der Waals surface area contributed by atoms with Crippen LogP contribution in [0.1, 0.15) is 0 Å². The van der Waals surface area contributed by atoms with Gasteiger partial charge >= 0.3 is 0 Å². The minimum Gasteiger partial charge on any atom is -0.455 e. The lowest BCUT2D eigenvalue weighted by molar-refractivity contribution is 0.670. The van der Waals surface area contributed by atoms with Crippen LogP contribution in [0.5, 0.6) is 0 Å². The monoisotopic (exact) mass is 470 g/mol. The lowest BCUT2D eigenvalue weighted by Crippen LogP contribution is -1.86. The highest BCUT2D eigenvalue weighted by molar-refractivity contribution is 6.25. The summed E-state index contributed by atoms with van der Waals surface area (Å²) >= 11 is 0. The Labute approximate surface area is 214 Å². The second-order valence-corrected chi connectivity index (χ2v) is 9.71. The van der Waals surface area contributed by atoms with Crippen molar-refractivity contribution in [2.24, 2.45) is 0 Å². The second-order valence-electron chi connectivity index (χ2n) is 9.71. The molecule has 0 radical (unpaired) electrons. The van der Waals surface area contributed by atoms with E-state index < -0.39 is 0 Å². The minimum atomic E-state index is 0.926. The molecule has 8 rings (SSSR count). The van der Waals surface area contributed by atoms with E-state index in [-0.39, 0.29) is 0 Å². The van der Waals surface area contributed by atoms with Gasteiger partial charge in [-0.2, -0.15) is 0 Å². The Hall–Kier alpha value is -4.88. The van der Waals surface area contributed by atoms with Crippen molar-refractivity contribution >= 4 is 54.3 Å². The van der Waals surface area contributed by atoms with Gasteiger partial charge < -0.3 is 4.42 Å². The van der Waals surface area contributed by atoms with Gasteiger partial charge in [0.05, 0.1) is 0 Å².